The molecule has 1 saturated heterocycles. The molecule has 184 valence electrons. The zero-order valence-electron chi connectivity index (χ0n) is 20.3. The van der Waals surface area contributed by atoms with Gasteiger partial charge in [0.05, 0.1) is 11.3 Å². The Kier molecular flexibility index (Phi) is 7.23. The van der Waals surface area contributed by atoms with E-state index in [0.29, 0.717) is 10.5 Å². The number of nitrogens with one attached hydrogen (secondary N) is 1. The minimum Gasteiger partial charge on any atom is -0.344 e. The van der Waals surface area contributed by atoms with Crippen molar-refractivity contribution >= 4 is 32.6 Å². The topological polar surface area (TPSA) is 86.8 Å². The normalized spacial score (nSPS) is 15.7. The number of sulfonamides is 1. The van der Waals surface area contributed by atoms with E-state index >= 15 is 0 Å². The van der Waals surface area contributed by atoms with Gasteiger partial charge in [-0.1, -0.05) is 54.6 Å². The Labute approximate surface area is 206 Å². The van der Waals surface area contributed by atoms with Crippen LogP contribution in [-0.4, -0.2) is 61.7 Å². The highest BCUT2D eigenvalue weighted by Crippen LogP contribution is 2.23. The molecule has 7 nitrogen and oxygen atoms in total. The number of aryl methyl sites for hydroxylation is 2. The first-order valence-electron chi connectivity index (χ1n) is 11.8. The Bertz CT molecular complexity index is 1360. The molecule has 3 aromatic carbocycles. The standard InChI is InChI=1S/C27H31N3O4S/c1-19-11-12-20(2)25(17-19)35(33,34)30-15-13-29(14-16-30)27(32)21(3)28-26(31)18-23-9-6-8-22-7-4-5-10-24(22)23/h4-12,17,21H,13-16,18H2,1-3H3,(H,28,31)/t21-/m0/s1. The summed E-state index contributed by atoms with van der Waals surface area (Å²) < 4.78 is 27.7. The van der Waals surface area contributed by atoms with Crippen LogP contribution in [0.25, 0.3) is 10.8 Å². The predicted octanol–water partition coefficient (Wildman–Crippen LogP) is 3.04. The van der Waals surface area contributed by atoms with Gasteiger partial charge in [-0.05, 0) is 54.3 Å². The van der Waals surface area contributed by atoms with E-state index in [9.17, 15) is 18.0 Å². The molecule has 0 radical (unpaired) electrons. The zero-order valence-corrected chi connectivity index (χ0v) is 21.1. The van der Waals surface area contributed by atoms with Crippen molar-refractivity contribution in [3.05, 3.63) is 77.4 Å². The highest BCUT2D eigenvalue weighted by Gasteiger charge is 2.32. The highest BCUT2D eigenvalue weighted by molar-refractivity contribution is 7.89. The second-order valence-corrected chi connectivity index (χ2v) is 11.0. The van der Waals surface area contributed by atoms with Crippen molar-refractivity contribution in [3.63, 3.8) is 0 Å². The molecule has 1 fully saturated rings. The summed E-state index contributed by atoms with van der Waals surface area (Å²) >= 11 is 0. The smallest absolute Gasteiger partial charge is 0.244 e. The highest BCUT2D eigenvalue weighted by atomic mass is 32.2. The molecule has 0 aromatic heterocycles. The first-order valence-corrected chi connectivity index (χ1v) is 13.2. The van der Waals surface area contributed by atoms with Crippen molar-refractivity contribution < 1.29 is 18.0 Å². The monoisotopic (exact) mass is 493 g/mol. The van der Waals surface area contributed by atoms with Gasteiger partial charge in [-0.15, -0.1) is 0 Å². The SMILES string of the molecule is Cc1ccc(C)c(S(=O)(=O)N2CCN(C(=O)[C@H](C)NC(=O)Cc3cccc4ccccc34)CC2)c1. The van der Waals surface area contributed by atoms with Gasteiger partial charge in [0, 0.05) is 26.2 Å². The van der Waals surface area contributed by atoms with Crippen molar-refractivity contribution in [1.82, 2.24) is 14.5 Å². The maximum absolute atomic E-state index is 13.1. The van der Waals surface area contributed by atoms with Crippen molar-refractivity contribution in [2.75, 3.05) is 26.2 Å². The summed E-state index contributed by atoms with van der Waals surface area (Å²) in [6.45, 7) is 6.33. The molecular formula is C27H31N3O4S. The van der Waals surface area contributed by atoms with Crippen LogP contribution in [0.2, 0.25) is 0 Å². The van der Waals surface area contributed by atoms with Crippen molar-refractivity contribution in [2.24, 2.45) is 0 Å². The maximum atomic E-state index is 13.1. The molecule has 1 heterocycles. The lowest BCUT2D eigenvalue weighted by Crippen LogP contribution is -2.55. The summed E-state index contributed by atoms with van der Waals surface area (Å²) in [7, 11) is -3.63. The molecule has 1 aliphatic heterocycles. The summed E-state index contributed by atoms with van der Waals surface area (Å²) in [5, 5.41) is 4.89. The van der Waals surface area contributed by atoms with Crippen LogP contribution in [-0.2, 0) is 26.0 Å². The van der Waals surface area contributed by atoms with Gasteiger partial charge >= 0.3 is 0 Å². The van der Waals surface area contributed by atoms with E-state index in [1.807, 2.05) is 61.5 Å². The maximum Gasteiger partial charge on any atom is 0.244 e. The number of carbonyl (C=O) groups is 2. The van der Waals surface area contributed by atoms with Crippen molar-refractivity contribution in [2.45, 2.75) is 38.1 Å². The quantitative estimate of drug-likeness (QED) is 0.572. The average Bonchev–Trinajstić information content (AvgIpc) is 2.85. The fourth-order valence-electron chi connectivity index (χ4n) is 4.52. The number of nitrogens with zero attached hydrogens (tertiary/aromatic N) is 2. The Balaban J connectivity index is 1.35. The van der Waals surface area contributed by atoms with E-state index in [1.165, 1.54) is 4.31 Å². The van der Waals surface area contributed by atoms with Crippen LogP contribution in [0.1, 0.15) is 23.6 Å². The number of hydrogen-bond donors (Lipinski definition) is 1. The van der Waals surface area contributed by atoms with Gasteiger partial charge in [-0.25, -0.2) is 8.42 Å². The summed E-state index contributed by atoms with van der Waals surface area (Å²) in [5.74, 6) is -0.432. The lowest BCUT2D eigenvalue weighted by molar-refractivity contribution is -0.136. The molecule has 8 heteroatoms. The van der Waals surface area contributed by atoms with Gasteiger partial charge in [0.15, 0.2) is 0 Å². The van der Waals surface area contributed by atoms with Crippen molar-refractivity contribution in [3.8, 4) is 0 Å². The molecule has 1 aliphatic rings. The minimum absolute atomic E-state index is 0.181. The van der Waals surface area contributed by atoms with E-state index in [-0.39, 0.29) is 44.4 Å². The zero-order chi connectivity index (χ0) is 25.2. The lowest BCUT2D eigenvalue weighted by Gasteiger charge is -2.35. The van der Waals surface area contributed by atoms with Crippen LogP contribution in [0.5, 0.6) is 0 Å². The molecule has 3 aromatic rings. The van der Waals surface area contributed by atoms with Crippen LogP contribution in [0.4, 0.5) is 0 Å². The molecule has 1 N–H and O–H groups in total. The second kappa shape index (κ2) is 10.2. The Morgan fingerprint density at radius 2 is 1.63 bits per heavy atom. The number of hydrogen-bond acceptors (Lipinski definition) is 4. The third-order valence-corrected chi connectivity index (χ3v) is 8.53. The number of fused-ring (bicyclic) bond motifs is 1. The number of carbonyl (C=O) groups excluding carboxylic acids is 2. The Morgan fingerprint density at radius 3 is 2.37 bits per heavy atom. The summed E-state index contributed by atoms with van der Waals surface area (Å²) in [6, 6.07) is 18.4. The van der Waals surface area contributed by atoms with Crippen LogP contribution >= 0.6 is 0 Å². The molecule has 0 spiro atoms. The van der Waals surface area contributed by atoms with Gasteiger partial charge in [0.25, 0.3) is 0 Å². The average molecular weight is 494 g/mol. The number of rotatable bonds is 6. The molecule has 35 heavy (non-hydrogen) atoms. The fraction of sp³-hybridized carbons (Fsp3) is 0.333. The second-order valence-electron chi connectivity index (χ2n) is 9.10. The van der Waals surface area contributed by atoms with E-state index < -0.39 is 16.1 Å². The van der Waals surface area contributed by atoms with Crippen molar-refractivity contribution in [1.29, 1.82) is 0 Å². The van der Waals surface area contributed by atoms with Crippen LogP contribution in [0, 0.1) is 13.8 Å². The van der Waals surface area contributed by atoms with E-state index in [0.717, 1.165) is 21.9 Å². The minimum atomic E-state index is -3.63. The first-order chi connectivity index (χ1) is 16.7. The lowest BCUT2D eigenvalue weighted by atomic mass is 10.0. The van der Waals surface area contributed by atoms with Gasteiger partial charge in [-0.2, -0.15) is 4.31 Å². The van der Waals surface area contributed by atoms with E-state index in [1.54, 1.807) is 24.8 Å². The van der Waals surface area contributed by atoms with Gasteiger partial charge < -0.3 is 10.2 Å². The van der Waals surface area contributed by atoms with E-state index in [4.69, 9.17) is 0 Å². The predicted molar refractivity (Wildman–Crippen MR) is 137 cm³/mol. The molecule has 0 unspecified atom stereocenters. The van der Waals surface area contributed by atoms with Gasteiger partial charge in [0.1, 0.15) is 6.04 Å². The summed E-state index contributed by atoms with van der Waals surface area (Å²) in [6.07, 6.45) is 0.181. The van der Waals surface area contributed by atoms with Crippen LogP contribution < -0.4 is 5.32 Å². The largest absolute Gasteiger partial charge is 0.344 e. The number of piperazine rings is 1. The summed E-state index contributed by atoms with van der Waals surface area (Å²) in [4.78, 5) is 27.6. The van der Waals surface area contributed by atoms with Crippen LogP contribution in [0.3, 0.4) is 0 Å². The third kappa shape index (κ3) is 5.39. The molecule has 0 bridgehead atoms. The number of benzene rings is 3. The summed E-state index contributed by atoms with van der Waals surface area (Å²) in [5.41, 5.74) is 2.50. The van der Waals surface area contributed by atoms with Gasteiger partial charge in [-0.3, -0.25) is 9.59 Å². The molecule has 0 aliphatic carbocycles. The van der Waals surface area contributed by atoms with Gasteiger partial charge in [0.2, 0.25) is 21.8 Å². The van der Waals surface area contributed by atoms with Crippen LogP contribution in [0.15, 0.2) is 65.6 Å². The fourth-order valence-corrected chi connectivity index (χ4v) is 6.25. The molecule has 0 saturated carbocycles. The molecular weight excluding hydrogens is 462 g/mol. The third-order valence-electron chi connectivity index (χ3n) is 6.49. The molecule has 4 rings (SSSR count). The molecule has 1 atom stereocenters. The first kappa shape index (κ1) is 24.9. The molecule has 2 amide bonds. The Morgan fingerprint density at radius 1 is 0.943 bits per heavy atom. The number of amides is 2. The Hall–Kier alpha value is -3.23. The van der Waals surface area contributed by atoms with E-state index in [2.05, 4.69) is 5.32 Å².